The molecule has 1 heterocycles. The van der Waals surface area contributed by atoms with Gasteiger partial charge in [0.1, 0.15) is 5.78 Å². The van der Waals surface area contributed by atoms with Gasteiger partial charge in [-0.15, -0.1) is 0 Å². The molecule has 0 aliphatic carbocycles. The van der Waals surface area contributed by atoms with Crippen LogP contribution in [-0.4, -0.2) is 30.3 Å². The van der Waals surface area contributed by atoms with E-state index in [0.717, 1.165) is 13.0 Å². The highest BCUT2D eigenvalue weighted by atomic mass is 16.1. The lowest BCUT2D eigenvalue weighted by Gasteiger charge is -2.40. The normalized spacial score (nSPS) is 32.2. The summed E-state index contributed by atoms with van der Waals surface area (Å²) >= 11 is 0. The van der Waals surface area contributed by atoms with Crippen LogP contribution in [0.25, 0.3) is 0 Å². The zero-order chi connectivity index (χ0) is 10.2. The van der Waals surface area contributed by atoms with Crippen LogP contribution >= 0.6 is 0 Å². The van der Waals surface area contributed by atoms with Crippen molar-refractivity contribution in [3.63, 3.8) is 0 Å². The Morgan fingerprint density at radius 1 is 1.38 bits per heavy atom. The van der Waals surface area contributed by atoms with Gasteiger partial charge in [-0.05, 0) is 25.3 Å². The second-order valence-electron chi connectivity index (χ2n) is 5.35. The summed E-state index contributed by atoms with van der Waals surface area (Å²) < 4.78 is 0. The van der Waals surface area contributed by atoms with Crippen molar-refractivity contribution in [1.29, 1.82) is 0 Å². The standard InChI is InChI=1S/C11H21NO/c1-8-10(13)6-9(7-12(8)5)11(2,3)4/h8-9H,6-7H2,1-5H3. The maximum atomic E-state index is 11.6. The summed E-state index contributed by atoms with van der Waals surface area (Å²) in [6.07, 6.45) is 0.759. The minimum atomic E-state index is 0.124. The van der Waals surface area contributed by atoms with Gasteiger partial charge in [0.15, 0.2) is 0 Å². The van der Waals surface area contributed by atoms with Gasteiger partial charge in [0.05, 0.1) is 6.04 Å². The average molecular weight is 183 g/mol. The lowest BCUT2D eigenvalue weighted by molar-refractivity contribution is -0.129. The molecule has 0 spiro atoms. The third-order valence-electron chi connectivity index (χ3n) is 3.31. The van der Waals surface area contributed by atoms with E-state index in [9.17, 15) is 4.79 Å². The Kier molecular flexibility index (Phi) is 2.81. The van der Waals surface area contributed by atoms with Gasteiger partial charge in [-0.3, -0.25) is 9.69 Å². The lowest BCUT2D eigenvalue weighted by atomic mass is 9.75. The highest BCUT2D eigenvalue weighted by molar-refractivity contribution is 5.84. The first-order valence-corrected chi connectivity index (χ1v) is 5.05. The predicted octanol–water partition coefficient (Wildman–Crippen LogP) is 1.94. The second kappa shape index (κ2) is 3.41. The number of Topliss-reactive ketones (excluding diaryl/α,β-unsaturated/α-hetero) is 1. The number of rotatable bonds is 0. The molecule has 76 valence electrons. The van der Waals surface area contributed by atoms with Crippen LogP contribution in [-0.2, 0) is 4.79 Å². The quantitative estimate of drug-likeness (QED) is 0.572. The van der Waals surface area contributed by atoms with Crippen LogP contribution in [0.3, 0.4) is 0 Å². The molecule has 2 unspecified atom stereocenters. The minimum Gasteiger partial charge on any atom is -0.298 e. The Morgan fingerprint density at radius 3 is 2.31 bits per heavy atom. The van der Waals surface area contributed by atoms with E-state index >= 15 is 0 Å². The van der Waals surface area contributed by atoms with Crippen molar-refractivity contribution >= 4 is 5.78 Å². The smallest absolute Gasteiger partial charge is 0.150 e. The third kappa shape index (κ3) is 2.31. The van der Waals surface area contributed by atoms with Crippen LogP contribution in [0.1, 0.15) is 34.1 Å². The first-order valence-electron chi connectivity index (χ1n) is 5.05. The van der Waals surface area contributed by atoms with Crippen molar-refractivity contribution in [2.45, 2.75) is 40.2 Å². The fourth-order valence-electron chi connectivity index (χ4n) is 1.81. The van der Waals surface area contributed by atoms with E-state index in [0.29, 0.717) is 11.7 Å². The molecule has 0 aromatic heterocycles. The summed E-state index contributed by atoms with van der Waals surface area (Å²) in [6, 6.07) is 0.124. The van der Waals surface area contributed by atoms with Crippen LogP contribution in [0, 0.1) is 11.3 Å². The topological polar surface area (TPSA) is 20.3 Å². The molecule has 0 aromatic rings. The summed E-state index contributed by atoms with van der Waals surface area (Å²) in [5.41, 5.74) is 0.254. The van der Waals surface area contributed by atoms with E-state index in [4.69, 9.17) is 0 Å². The molecule has 1 rings (SSSR count). The molecule has 0 amide bonds. The molecule has 2 nitrogen and oxygen atoms in total. The number of carbonyl (C=O) groups excluding carboxylic acids is 1. The Hall–Kier alpha value is -0.370. The number of nitrogens with zero attached hydrogens (tertiary/aromatic N) is 1. The number of ketones is 1. The first-order chi connectivity index (χ1) is 5.82. The van der Waals surface area contributed by atoms with Gasteiger partial charge >= 0.3 is 0 Å². The Bertz CT molecular complexity index is 205. The van der Waals surface area contributed by atoms with Crippen LogP contribution in [0.4, 0.5) is 0 Å². The Morgan fingerprint density at radius 2 is 1.92 bits per heavy atom. The Labute approximate surface area is 81.3 Å². The number of hydrogen-bond acceptors (Lipinski definition) is 2. The molecule has 1 aliphatic heterocycles. The highest BCUT2D eigenvalue weighted by Crippen LogP contribution is 2.33. The van der Waals surface area contributed by atoms with Crippen LogP contribution in [0.15, 0.2) is 0 Å². The highest BCUT2D eigenvalue weighted by Gasteiger charge is 2.35. The number of likely N-dealkylation sites (N-methyl/N-ethyl adjacent to an activating group) is 1. The van der Waals surface area contributed by atoms with Crippen molar-refractivity contribution in [3.8, 4) is 0 Å². The maximum absolute atomic E-state index is 11.6. The van der Waals surface area contributed by atoms with Gasteiger partial charge in [-0.25, -0.2) is 0 Å². The number of likely N-dealkylation sites (tertiary alicyclic amines) is 1. The third-order valence-corrected chi connectivity index (χ3v) is 3.31. The van der Waals surface area contributed by atoms with Crippen LogP contribution in [0.5, 0.6) is 0 Å². The zero-order valence-corrected chi connectivity index (χ0v) is 9.42. The molecule has 2 heteroatoms. The largest absolute Gasteiger partial charge is 0.298 e. The van der Waals surface area contributed by atoms with Gasteiger partial charge < -0.3 is 0 Å². The molecule has 0 bridgehead atoms. The van der Waals surface area contributed by atoms with Crippen molar-refractivity contribution in [2.24, 2.45) is 11.3 Å². The number of hydrogen-bond donors (Lipinski definition) is 0. The molecule has 1 saturated heterocycles. The summed E-state index contributed by atoms with van der Waals surface area (Å²) in [6.45, 7) is 9.70. The van der Waals surface area contributed by atoms with Gasteiger partial charge in [0.25, 0.3) is 0 Å². The van der Waals surface area contributed by atoms with Crippen molar-refractivity contribution in [1.82, 2.24) is 4.90 Å². The van der Waals surface area contributed by atoms with E-state index in [1.165, 1.54) is 0 Å². The molecule has 2 atom stereocenters. The predicted molar refractivity (Wildman–Crippen MR) is 54.7 cm³/mol. The molecule has 0 saturated carbocycles. The molecule has 13 heavy (non-hydrogen) atoms. The molecule has 0 N–H and O–H groups in total. The van der Waals surface area contributed by atoms with E-state index < -0.39 is 0 Å². The number of carbonyl (C=O) groups is 1. The number of piperidine rings is 1. The lowest BCUT2D eigenvalue weighted by Crippen LogP contribution is -2.48. The molecular formula is C11H21NO. The monoisotopic (exact) mass is 183 g/mol. The molecule has 1 fully saturated rings. The summed E-state index contributed by atoms with van der Waals surface area (Å²) in [7, 11) is 2.04. The summed E-state index contributed by atoms with van der Waals surface area (Å²) in [5, 5.41) is 0. The van der Waals surface area contributed by atoms with Gasteiger partial charge in [-0.2, -0.15) is 0 Å². The second-order valence-corrected chi connectivity index (χ2v) is 5.35. The van der Waals surface area contributed by atoms with Gasteiger partial charge in [0.2, 0.25) is 0 Å². The Balaban J connectivity index is 2.69. The fraction of sp³-hybridized carbons (Fsp3) is 0.909. The summed E-state index contributed by atoms with van der Waals surface area (Å²) in [4.78, 5) is 13.8. The zero-order valence-electron chi connectivity index (χ0n) is 9.42. The molecular weight excluding hydrogens is 162 g/mol. The summed E-state index contributed by atoms with van der Waals surface area (Å²) in [5.74, 6) is 0.912. The van der Waals surface area contributed by atoms with Gasteiger partial charge in [-0.1, -0.05) is 20.8 Å². The van der Waals surface area contributed by atoms with Crippen molar-refractivity contribution in [2.75, 3.05) is 13.6 Å². The molecule has 1 aliphatic rings. The van der Waals surface area contributed by atoms with E-state index in [1.54, 1.807) is 0 Å². The average Bonchev–Trinajstić information content (AvgIpc) is 1.97. The molecule has 0 radical (unpaired) electrons. The van der Waals surface area contributed by atoms with Crippen LogP contribution < -0.4 is 0 Å². The van der Waals surface area contributed by atoms with Crippen molar-refractivity contribution in [3.05, 3.63) is 0 Å². The SMILES string of the molecule is CC1C(=O)CC(C(C)(C)C)CN1C. The van der Waals surface area contributed by atoms with Crippen molar-refractivity contribution < 1.29 is 4.79 Å². The molecule has 0 aromatic carbocycles. The van der Waals surface area contributed by atoms with E-state index in [-0.39, 0.29) is 11.5 Å². The van der Waals surface area contributed by atoms with Crippen LogP contribution in [0.2, 0.25) is 0 Å². The van der Waals surface area contributed by atoms with E-state index in [2.05, 4.69) is 25.7 Å². The fourth-order valence-corrected chi connectivity index (χ4v) is 1.81. The minimum absolute atomic E-state index is 0.124. The maximum Gasteiger partial charge on any atom is 0.150 e. The van der Waals surface area contributed by atoms with E-state index in [1.807, 2.05) is 14.0 Å². The first kappa shape index (κ1) is 10.7. The van der Waals surface area contributed by atoms with Gasteiger partial charge in [0, 0.05) is 13.0 Å².